The first-order chi connectivity index (χ1) is 3.31. The smallest absolute Gasteiger partial charge is 0.201 e. The first kappa shape index (κ1) is 6.63. The summed E-state index contributed by atoms with van der Waals surface area (Å²) in [4.78, 5) is 9.66. The standard InChI is InChI=1S/C5H9O2/c1-5(4-7)2-3-6/h5-6H,2-3H2,1H3. The van der Waals surface area contributed by atoms with E-state index >= 15 is 0 Å². The first-order valence-corrected chi connectivity index (χ1v) is 2.29. The van der Waals surface area contributed by atoms with Gasteiger partial charge in [-0.05, 0) is 6.42 Å². The van der Waals surface area contributed by atoms with E-state index in [-0.39, 0.29) is 12.5 Å². The van der Waals surface area contributed by atoms with Crippen molar-refractivity contribution in [2.45, 2.75) is 13.3 Å². The summed E-state index contributed by atoms with van der Waals surface area (Å²) in [6.45, 7) is 1.81. The molecule has 1 radical (unpaired) electrons. The van der Waals surface area contributed by atoms with Crippen LogP contribution >= 0.6 is 0 Å². The lowest BCUT2D eigenvalue weighted by atomic mass is 10.1. The van der Waals surface area contributed by atoms with Crippen molar-refractivity contribution < 1.29 is 9.90 Å². The molecule has 0 amide bonds. The van der Waals surface area contributed by atoms with Crippen molar-refractivity contribution in [1.82, 2.24) is 0 Å². The quantitative estimate of drug-likeness (QED) is 0.548. The van der Waals surface area contributed by atoms with Gasteiger partial charge in [0.25, 0.3) is 0 Å². The summed E-state index contributed by atoms with van der Waals surface area (Å²) >= 11 is 0. The van der Waals surface area contributed by atoms with Crippen molar-refractivity contribution in [3.63, 3.8) is 0 Å². The Labute approximate surface area is 43.2 Å². The lowest BCUT2D eigenvalue weighted by Crippen LogP contribution is -1.97. The van der Waals surface area contributed by atoms with Gasteiger partial charge in [-0.15, -0.1) is 0 Å². The molecule has 0 aromatic heterocycles. The van der Waals surface area contributed by atoms with Crippen molar-refractivity contribution in [1.29, 1.82) is 0 Å². The molecule has 1 unspecified atom stereocenters. The van der Waals surface area contributed by atoms with Crippen LogP contribution in [0.5, 0.6) is 0 Å². The maximum atomic E-state index is 9.66. The van der Waals surface area contributed by atoms with Crippen LogP contribution in [0, 0.1) is 5.92 Å². The molecule has 0 aliphatic carbocycles. The van der Waals surface area contributed by atoms with E-state index in [1.807, 2.05) is 0 Å². The molecule has 0 heterocycles. The van der Waals surface area contributed by atoms with E-state index in [1.54, 1.807) is 13.2 Å². The zero-order valence-corrected chi connectivity index (χ0v) is 4.35. The lowest BCUT2D eigenvalue weighted by molar-refractivity contribution is 0.276. The Kier molecular flexibility index (Phi) is 3.61. The molecule has 0 rings (SSSR count). The maximum absolute atomic E-state index is 9.66. The van der Waals surface area contributed by atoms with Gasteiger partial charge >= 0.3 is 0 Å². The number of aliphatic hydroxyl groups is 1. The summed E-state index contributed by atoms with van der Waals surface area (Å²) in [5.74, 6) is -0.106. The third-order valence-electron chi connectivity index (χ3n) is 0.763. The van der Waals surface area contributed by atoms with Gasteiger partial charge in [0.05, 0.1) is 0 Å². The molecule has 0 bridgehead atoms. The second kappa shape index (κ2) is 3.81. The van der Waals surface area contributed by atoms with E-state index in [0.717, 1.165) is 0 Å². The number of hydrogen-bond acceptors (Lipinski definition) is 2. The van der Waals surface area contributed by atoms with E-state index in [2.05, 4.69) is 0 Å². The highest BCUT2D eigenvalue weighted by Crippen LogP contribution is 1.92. The van der Waals surface area contributed by atoms with Crippen LogP contribution in [0.1, 0.15) is 13.3 Å². The molecule has 0 aromatic carbocycles. The van der Waals surface area contributed by atoms with Crippen molar-refractivity contribution in [3.05, 3.63) is 0 Å². The van der Waals surface area contributed by atoms with E-state index in [4.69, 9.17) is 5.11 Å². The molecule has 0 fully saturated rings. The fraction of sp³-hybridized carbons (Fsp3) is 0.800. The first-order valence-electron chi connectivity index (χ1n) is 2.29. The minimum Gasteiger partial charge on any atom is -0.396 e. The second-order valence-electron chi connectivity index (χ2n) is 1.53. The molecule has 0 saturated carbocycles. The topological polar surface area (TPSA) is 37.3 Å². The summed E-state index contributed by atoms with van der Waals surface area (Å²) in [6, 6.07) is 0. The highest BCUT2D eigenvalue weighted by Gasteiger charge is 1.95. The Hall–Kier alpha value is -0.370. The van der Waals surface area contributed by atoms with Crippen LogP contribution in [-0.2, 0) is 4.79 Å². The van der Waals surface area contributed by atoms with E-state index in [0.29, 0.717) is 6.42 Å². The minimum atomic E-state index is -0.106. The van der Waals surface area contributed by atoms with Crippen LogP contribution in [0.15, 0.2) is 0 Å². The zero-order valence-electron chi connectivity index (χ0n) is 4.35. The molecule has 0 spiro atoms. The average molecular weight is 101 g/mol. The fourth-order valence-corrected chi connectivity index (χ4v) is 0.253. The van der Waals surface area contributed by atoms with Gasteiger partial charge in [-0.25, -0.2) is 0 Å². The van der Waals surface area contributed by atoms with E-state index < -0.39 is 0 Å². The Bertz CT molecular complexity index is 52.0. The highest BCUT2D eigenvalue weighted by atomic mass is 16.3. The molecular formula is C5H9O2. The normalized spacial score (nSPS) is 13.4. The van der Waals surface area contributed by atoms with Crippen molar-refractivity contribution in [2.24, 2.45) is 5.92 Å². The van der Waals surface area contributed by atoms with Crippen molar-refractivity contribution in [2.75, 3.05) is 6.61 Å². The van der Waals surface area contributed by atoms with E-state index in [9.17, 15) is 4.79 Å². The summed E-state index contributed by atoms with van der Waals surface area (Å²) in [7, 11) is 0. The largest absolute Gasteiger partial charge is 0.396 e. The summed E-state index contributed by atoms with van der Waals surface area (Å²) in [5, 5.41) is 8.19. The molecule has 0 saturated heterocycles. The van der Waals surface area contributed by atoms with E-state index in [1.165, 1.54) is 0 Å². The summed E-state index contributed by atoms with van der Waals surface area (Å²) in [5.41, 5.74) is 0. The predicted octanol–water partition coefficient (Wildman–Crippen LogP) is 0.115. The maximum Gasteiger partial charge on any atom is 0.201 e. The number of carbonyl (C=O) groups excluding carboxylic acids is 1. The number of hydrogen-bond donors (Lipinski definition) is 1. The van der Waals surface area contributed by atoms with Crippen LogP contribution < -0.4 is 0 Å². The molecule has 0 aromatic rings. The molecule has 1 atom stereocenters. The van der Waals surface area contributed by atoms with Gasteiger partial charge in [0.2, 0.25) is 6.29 Å². The third kappa shape index (κ3) is 3.46. The van der Waals surface area contributed by atoms with Gasteiger partial charge in [-0.3, -0.25) is 4.79 Å². The molecule has 7 heavy (non-hydrogen) atoms. The lowest BCUT2D eigenvalue weighted by Gasteiger charge is -1.93. The average Bonchev–Trinajstić information content (AvgIpc) is 1.68. The monoisotopic (exact) mass is 101 g/mol. The third-order valence-corrected chi connectivity index (χ3v) is 0.763. The van der Waals surface area contributed by atoms with Crippen LogP contribution in [-0.4, -0.2) is 18.0 Å². The van der Waals surface area contributed by atoms with Crippen molar-refractivity contribution >= 4 is 6.29 Å². The Morgan fingerprint density at radius 1 is 1.86 bits per heavy atom. The molecule has 1 N–H and O–H groups in total. The Balaban J connectivity index is 2.98. The highest BCUT2D eigenvalue weighted by molar-refractivity contribution is 5.53. The zero-order chi connectivity index (χ0) is 5.70. The van der Waals surface area contributed by atoms with Crippen LogP contribution in [0.2, 0.25) is 0 Å². The Morgan fingerprint density at radius 2 is 2.43 bits per heavy atom. The molecular weight excluding hydrogens is 92.1 g/mol. The predicted molar refractivity (Wildman–Crippen MR) is 26.6 cm³/mol. The minimum absolute atomic E-state index is 0.0798. The molecule has 2 nitrogen and oxygen atoms in total. The van der Waals surface area contributed by atoms with Crippen LogP contribution in [0.25, 0.3) is 0 Å². The van der Waals surface area contributed by atoms with Gasteiger partial charge in [0, 0.05) is 12.5 Å². The number of aliphatic hydroxyl groups excluding tert-OH is 1. The number of rotatable bonds is 3. The van der Waals surface area contributed by atoms with Gasteiger partial charge in [-0.1, -0.05) is 6.92 Å². The van der Waals surface area contributed by atoms with Gasteiger partial charge in [0.1, 0.15) is 0 Å². The molecule has 0 aliphatic heterocycles. The Morgan fingerprint density at radius 3 is 2.57 bits per heavy atom. The van der Waals surface area contributed by atoms with Crippen LogP contribution in [0.4, 0.5) is 0 Å². The summed E-state index contributed by atoms with van der Waals surface area (Å²) in [6.07, 6.45) is 2.29. The van der Waals surface area contributed by atoms with Gasteiger partial charge in [0.15, 0.2) is 0 Å². The molecule has 2 heteroatoms. The SMILES string of the molecule is CC([C]=O)CCO. The molecule has 0 aliphatic rings. The van der Waals surface area contributed by atoms with Crippen LogP contribution in [0.3, 0.4) is 0 Å². The fourth-order valence-electron chi connectivity index (χ4n) is 0.253. The van der Waals surface area contributed by atoms with Gasteiger partial charge in [-0.2, -0.15) is 0 Å². The molecule has 41 valence electrons. The summed E-state index contributed by atoms with van der Waals surface area (Å²) < 4.78 is 0. The second-order valence-corrected chi connectivity index (χ2v) is 1.53. The van der Waals surface area contributed by atoms with Gasteiger partial charge < -0.3 is 5.11 Å². The van der Waals surface area contributed by atoms with Crippen molar-refractivity contribution in [3.8, 4) is 0 Å².